The van der Waals surface area contributed by atoms with Gasteiger partial charge in [-0.15, -0.1) is 0 Å². The van der Waals surface area contributed by atoms with Crippen molar-refractivity contribution in [3.05, 3.63) is 59.2 Å². The summed E-state index contributed by atoms with van der Waals surface area (Å²) in [7, 11) is 1.53. The predicted molar refractivity (Wildman–Crippen MR) is 97.2 cm³/mol. The van der Waals surface area contributed by atoms with Crippen LogP contribution in [0.4, 0.5) is 16.2 Å². The van der Waals surface area contributed by atoms with Crippen LogP contribution in [0.2, 0.25) is 0 Å². The largest absolute Gasteiger partial charge is 0.447 e. The van der Waals surface area contributed by atoms with E-state index in [-0.39, 0.29) is 12.5 Å². The Morgan fingerprint density at radius 2 is 1.68 bits per heavy atom. The summed E-state index contributed by atoms with van der Waals surface area (Å²) >= 11 is 0. The molecule has 0 aliphatic carbocycles. The fourth-order valence-corrected chi connectivity index (χ4v) is 2.31. The number of methoxy groups -OCH3 is 1. The van der Waals surface area contributed by atoms with Crippen molar-refractivity contribution in [3.8, 4) is 0 Å². The molecule has 6 nitrogen and oxygen atoms in total. The number of rotatable bonds is 6. The Bertz CT molecular complexity index is 759. The molecule has 25 heavy (non-hydrogen) atoms. The number of hydrogen-bond acceptors (Lipinski definition) is 4. The third-order valence-electron chi connectivity index (χ3n) is 3.51. The molecular weight excluding hydrogens is 320 g/mol. The van der Waals surface area contributed by atoms with Crippen molar-refractivity contribution in [3.63, 3.8) is 0 Å². The molecule has 0 aliphatic heterocycles. The zero-order valence-electron chi connectivity index (χ0n) is 14.6. The number of nitrogens with one attached hydrogen (secondary N) is 2. The summed E-state index contributed by atoms with van der Waals surface area (Å²) in [6, 6.07) is 12.5. The maximum atomic E-state index is 12.4. The van der Waals surface area contributed by atoms with Crippen LogP contribution in [-0.4, -0.2) is 32.3 Å². The lowest BCUT2D eigenvalue weighted by Crippen LogP contribution is -2.17. The summed E-state index contributed by atoms with van der Waals surface area (Å²) in [6.45, 7) is 4.39. The smallest absolute Gasteiger partial charge is 0.411 e. The lowest BCUT2D eigenvalue weighted by atomic mass is 10.1. The van der Waals surface area contributed by atoms with E-state index in [1.54, 1.807) is 30.3 Å². The molecule has 2 N–H and O–H groups in total. The number of aryl methyl sites for hydroxylation is 2. The Labute approximate surface area is 147 Å². The Balaban J connectivity index is 2.01. The normalized spacial score (nSPS) is 10.2. The second-order valence-corrected chi connectivity index (χ2v) is 5.61. The van der Waals surface area contributed by atoms with Gasteiger partial charge in [-0.05, 0) is 43.7 Å². The van der Waals surface area contributed by atoms with Gasteiger partial charge in [-0.25, -0.2) is 4.79 Å². The molecule has 0 unspecified atom stereocenters. The van der Waals surface area contributed by atoms with Crippen LogP contribution in [0.3, 0.4) is 0 Å². The Morgan fingerprint density at radius 3 is 2.36 bits per heavy atom. The molecule has 0 bridgehead atoms. The van der Waals surface area contributed by atoms with Crippen molar-refractivity contribution in [2.45, 2.75) is 13.8 Å². The van der Waals surface area contributed by atoms with Gasteiger partial charge in [0, 0.05) is 24.0 Å². The van der Waals surface area contributed by atoms with Gasteiger partial charge in [0.15, 0.2) is 0 Å². The van der Waals surface area contributed by atoms with E-state index in [1.807, 2.05) is 26.0 Å². The van der Waals surface area contributed by atoms with E-state index in [0.717, 1.165) is 11.1 Å². The van der Waals surface area contributed by atoms with E-state index in [2.05, 4.69) is 10.6 Å². The highest BCUT2D eigenvalue weighted by atomic mass is 16.6. The molecule has 132 valence electrons. The molecular formula is C19H22N2O4. The zero-order valence-corrected chi connectivity index (χ0v) is 14.6. The van der Waals surface area contributed by atoms with Crippen LogP contribution >= 0.6 is 0 Å². The number of carbonyl (C=O) groups is 2. The van der Waals surface area contributed by atoms with E-state index in [4.69, 9.17) is 9.47 Å². The van der Waals surface area contributed by atoms with Crippen molar-refractivity contribution in [1.82, 2.24) is 0 Å². The maximum absolute atomic E-state index is 12.4. The molecule has 0 saturated carbocycles. The zero-order chi connectivity index (χ0) is 18.2. The highest BCUT2D eigenvalue weighted by molar-refractivity contribution is 6.05. The Kier molecular flexibility index (Phi) is 6.54. The van der Waals surface area contributed by atoms with E-state index in [1.165, 1.54) is 7.11 Å². The van der Waals surface area contributed by atoms with Gasteiger partial charge < -0.3 is 14.8 Å². The highest BCUT2D eigenvalue weighted by Crippen LogP contribution is 2.18. The summed E-state index contributed by atoms with van der Waals surface area (Å²) in [6.07, 6.45) is -0.574. The SMILES string of the molecule is COCCOC(=O)Nc1cccc(NC(=O)c2ccc(C)cc2C)c1. The first-order valence-corrected chi connectivity index (χ1v) is 7.91. The molecule has 0 atom stereocenters. The van der Waals surface area contributed by atoms with Gasteiger partial charge in [0.2, 0.25) is 0 Å². The maximum Gasteiger partial charge on any atom is 0.411 e. The standard InChI is InChI=1S/C19H22N2O4/c1-13-7-8-17(14(2)11-13)18(22)20-15-5-4-6-16(12-15)21-19(23)25-10-9-24-3/h4-8,11-12H,9-10H2,1-3H3,(H,20,22)(H,21,23). The minimum absolute atomic E-state index is 0.172. The van der Waals surface area contributed by atoms with Gasteiger partial charge in [-0.3, -0.25) is 10.1 Å². The van der Waals surface area contributed by atoms with Crippen molar-refractivity contribution >= 4 is 23.4 Å². The van der Waals surface area contributed by atoms with Crippen LogP contribution in [0.1, 0.15) is 21.5 Å². The van der Waals surface area contributed by atoms with Crippen LogP contribution in [0, 0.1) is 13.8 Å². The van der Waals surface area contributed by atoms with E-state index in [0.29, 0.717) is 23.5 Å². The number of anilines is 2. The molecule has 0 fully saturated rings. The highest BCUT2D eigenvalue weighted by Gasteiger charge is 2.10. The van der Waals surface area contributed by atoms with Crippen molar-refractivity contribution in [2.24, 2.45) is 0 Å². The summed E-state index contributed by atoms with van der Waals surface area (Å²) in [5.74, 6) is -0.197. The van der Waals surface area contributed by atoms with Gasteiger partial charge in [-0.2, -0.15) is 0 Å². The molecule has 2 amide bonds. The number of ether oxygens (including phenoxy) is 2. The second kappa shape index (κ2) is 8.84. The minimum Gasteiger partial charge on any atom is -0.447 e. The third kappa shape index (κ3) is 5.61. The second-order valence-electron chi connectivity index (χ2n) is 5.61. The lowest BCUT2D eigenvalue weighted by molar-refractivity contribution is 0.102. The van der Waals surface area contributed by atoms with Crippen molar-refractivity contribution < 1.29 is 19.1 Å². The molecule has 6 heteroatoms. The third-order valence-corrected chi connectivity index (χ3v) is 3.51. The molecule has 0 radical (unpaired) electrons. The van der Waals surface area contributed by atoms with Gasteiger partial charge in [0.05, 0.1) is 6.61 Å². The molecule has 0 spiro atoms. The number of benzene rings is 2. The first-order chi connectivity index (χ1) is 12.0. The quantitative estimate of drug-likeness (QED) is 0.784. The van der Waals surface area contributed by atoms with Gasteiger partial charge in [0.25, 0.3) is 5.91 Å². The predicted octanol–water partition coefficient (Wildman–Crippen LogP) is 3.75. The molecule has 2 aromatic rings. The van der Waals surface area contributed by atoms with Gasteiger partial charge in [0.1, 0.15) is 6.61 Å². The summed E-state index contributed by atoms with van der Waals surface area (Å²) in [4.78, 5) is 24.1. The van der Waals surface area contributed by atoms with E-state index in [9.17, 15) is 9.59 Å². The average Bonchev–Trinajstić information content (AvgIpc) is 2.55. The summed E-state index contributed by atoms with van der Waals surface area (Å²) < 4.78 is 9.75. The van der Waals surface area contributed by atoms with Crippen molar-refractivity contribution in [2.75, 3.05) is 31.0 Å². The monoisotopic (exact) mass is 342 g/mol. The molecule has 0 heterocycles. The lowest BCUT2D eigenvalue weighted by Gasteiger charge is -2.11. The van der Waals surface area contributed by atoms with Gasteiger partial charge in [-0.1, -0.05) is 23.8 Å². The van der Waals surface area contributed by atoms with E-state index >= 15 is 0 Å². The molecule has 0 aromatic heterocycles. The minimum atomic E-state index is -0.574. The van der Waals surface area contributed by atoms with Crippen LogP contribution in [0.15, 0.2) is 42.5 Å². The first kappa shape index (κ1) is 18.5. The fraction of sp³-hybridized carbons (Fsp3) is 0.263. The summed E-state index contributed by atoms with van der Waals surface area (Å²) in [5, 5.41) is 5.44. The van der Waals surface area contributed by atoms with E-state index < -0.39 is 6.09 Å². The Morgan fingerprint density at radius 1 is 0.960 bits per heavy atom. The average molecular weight is 342 g/mol. The number of carbonyl (C=O) groups excluding carboxylic acids is 2. The van der Waals surface area contributed by atoms with Crippen LogP contribution in [0.25, 0.3) is 0 Å². The Hall–Kier alpha value is -2.86. The van der Waals surface area contributed by atoms with Gasteiger partial charge >= 0.3 is 6.09 Å². The van der Waals surface area contributed by atoms with Crippen molar-refractivity contribution in [1.29, 1.82) is 0 Å². The molecule has 0 aliphatic rings. The van der Waals surface area contributed by atoms with Crippen LogP contribution in [-0.2, 0) is 9.47 Å². The van der Waals surface area contributed by atoms with Crippen LogP contribution in [0.5, 0.6) is 0 Å². The molecule has 2 rings (SSSR count). The van der Waals surface area contributed by atoms with Crippen LogP contribution < -0.4 is 10.6 Å². The molecule has 0 saturated heterocycles. The fourth-order valence-electron chi connectivity index (χ4n) is 2.31. The molecule has 2 aromatic carbocycles. The topological polar surface area (TPSA) is 76.7 Å². The summed E-state index contributed by atoms with van der Waals surface area (Å²) in [5.41, 5.74) is 3.74. The first-order valence-electron chi connectivity index (χ1n) is 7.91. The number of amides is 2. The number of hydrogen-bond donors (Lipinski definition) is 2.